The van der Waals surface area contributed by atoms with Gasteiger partial charge < -0.3 is 15.5 Å². The van der Waals surface area contributed by atoms with Crippen LogP contribution in [0.3, 0.4) is 0 Å². The molecule has 0 spiro atoms. The lowest BCUT2D eigenvalue weighted by atomic mass is 10.3. The molecular weight excluding hydrogens is 154 g/mol. The summed E-state index contributed by atoms with van der Waals surface area (Å²) < 4.78 is 0. The highest BCUT2D eigenvalue weighted by atomic mass is 16.3. The Balaban J connectivity index is 0.000000217. The second-order valence-electron chi connectivity index (χ2n) is 2.16. The van der Waals surface area contributed by atoms with Crippen molar-refractivity contribution in [2.24, 2.45) is 0 Å². The molecule has 0 aliphatic heterocycles. The number of rotatable bonds is 2. The zero-order chi connectivity index (χ0) is 9.23. The molecule has 0 atom stereocenters. The number of aliphatic hydroxyl groups excluding tert-OH is 1. The molecule has 3 heteroatoms. The van der Waals surface area contributed by atoms with E-state index in [0.717, 1.165) is 0 Å². The van der Waals surface area contributed by atoms with E-state index in [9.17, 15) is 0 Å². The summed E-state index contributed by atoms with van der Waals surface area (Å²) in [5, 5.41) is 19.4. The smallest absolute Gasteiger partial charge is 0.115 e. The van der Waals surface area contributed by atoms with E-state index < -0.39 is 0 Å². The van der Waals surface area contributed by atoms with Crippen LogP contribution in [-0.4, -0.2) is 30.4 Å². The highest BCUT2D eigenvalue weighted by molar-refractivity contribution is 5.18. The van der Waals surface area contributed by atoms with E-state index in [-0.39, 0.29) is 6.61 Å². The highest BCUT2D eigenvalue weighted by Gasteiger charge is 1.74. The number of aromatic hydroxyl groups is 1. The van der Waals surface area contributed by atoms with Crippen LogP contribution in [0.25, 0.3) is 0 Å². The van der Waals surface area contributed by atoms with Gasteiger partial charge in [0.15, 0.2) is 0 Å². The molecule has 0 aliphatic carbocycles. The van der Waals surface area contributed by atoms with Crippen molar-refractivity contribution in [2.45, 2.75) is 0 Å². The third-order valence-corrected chi connectivity index (χ3v) is 1.12. The maximum atomic E-state index is 8.63. The van der Waals surface area contributed by atoms with Crippen LogP contribution in [0.2, 0.25) is 0 Å². The Morgan fingerprint density at radius 2 is 1.83 bits per heavy atom. The summed E-state index contributed by atoms with van der Waals surface area (Å²) in [7, 11) is 1.80. The molecule has 68 valence electrons. The van der Waals surface area contributed by atoms with Gasteiger partial charge in [-0.05, 0) is 19.2 Å². The minimum Gasteiger partial charge on any atom is -0.508 e. The largest absolute Gasteiger partial charge is 0.508 e. The van der Waals surface area contributed by atoms with Crippen LogP contribution < -0.4 is 5.32 Å². The number of hydrogen-bond donors (Lipinski definition) is 3. The molecule has 0 saturated heterocycles. The quantitative estimate of drug-likeness (QED) is 0.607. The predicted molar refractivity (Wildman–Crippen MR) is 49.1 cm³/mol. The average Bonchev–Trinajstić information content (AvgIpc) is 2.08. The number of hydrogen-bond acceptors (Lipinski definition) is 3. The molecule has 0 bridgehead atoms. The average molecular weight is 169 g/mol. The number of nitrogens with one attached hydrogen (secondary N) is 1. The number of para-hydroxylation sites is 1. The molecule has 0 unspecified atom stereocenters. The Morgan fingerprint density at radius 3 is 2.00 bits per heavy atom. The van der Waals surface area contributed by atoms with Gasteiger partial charge in [0.25, 0.3) is 0 Å². The molecule has 12 heavy (non-hydrogen) atoms. The summed E-state index contributed by atoms with van der Waals surface area (Å²) in [5.41, 5.74) is 0. The summed E-state index contributed by atoms with van der Waals surface area (Å²) in [6, 6.07) is 8.71. The van der Waals surface area contributed by atoms with Crippen molar-refractivity contribution >= 4 is 0 Å². The van der Waals surface area contributed by atoms with Crippen molar-refractivity contribution in [2.75, 3.05) is 20.2 Å². The zero-order valence-corrected chi connectivity index (χ0v) is 7.20. The lowest BCUT2D eigenvalue weighted by Crippen LogP contribution is -2.10. The van der Waals surface area contributed by atoms with Crippen LogP contribution in [0.15, 0.2) is 30.3 Å². The summed E-state index contributed by atoms with van der Waals surface area (Å²) in [6.07, 6.45) is 0. The van der Waals surface area contributed by atoms with Gasteiger partial charge in [0, 0.05) is 6.54 Å². The maximum absolute atomic E-state index is 8.63. The first-order valence-corrected chi connectivity index (χ1v) is 3.80. The number of benzene rings is 1. The van der Waals surface area contributed by atoms with Crippen LogP contribution in [0.1, 0.15) is 0 Å². The van der Waals surface area contributed by atoms with Crippen LogP contribution in [0.5, 0.6) is 5.75 Å². The molecule has 1 aromatic rings. The highest BCUT2D eigenvalue weighted by Crippen LogP contribution is 2.02. The van der Waals surface area contributed by atoms with Crippen LogP contribution in [0, 0.1) is 0 Å². The third-order valence-electron chi connectivity index (χ3n) is 1.12. The van der Waals surface area contributed by atoms with Crippen molar-refractivity contribution in [1.29, 1.82) is 0 Å². The normalized spacial score (nSPS) is 8.50. The molecule has 1 rings (SSSR count). The fraction of sp³-hybridized carbons (Fsp3) is 0.333. The fourth-order valence-electron chi connectivity index (χ4n) is 0.540. The molecule has 3 nitrogen and oxygen atoms in total. The second-order valence-corrected chi connectivity index (χ2v) is 2.16. The van der Waals surface area contributed by atoms with Crippen molar-refractivity contribution in [3.8, 4) is 5.75 Å². The van der Waals surface area contributed by atoms with E-state index in [1.165, 1.54) is 0 Å². The summed E-state index contributed by atoms with van der Waals surface area (Å²) in [6.45, 7) is 0.927. The van der Waals surface area contributed by atoms with E-state index >= 15 is 0 Å². The zero-order valence-electron chi connectivity index (χ0n) is 7.20. The van der Waals surface area contributed by atoms with Gasteiger partial charge in [-0.2, -0.15) is 0 Å². The van der Waals surface area contributed by atoms with Crippen molar-refractivity contribution in [1.82, 2.24) is 5.32 Å². The predicted octanol–water partition coefficient (Wildman–Crippen LogP) is 0.590. The number of aliphatic hydroxyl groups is 1. The molecule has 3 N–H and O–H groups in total. The molecule has 0 fully saturated rings. The molecule has 1 aromatic carbocycles. The number of phenols is 1. The summed E-state index contributed by atoms with van der Waals surface area (Å²) in [5.74, 6) is 0.322. The van der Waals surface area contributed by atoms with Crippen LogP contribution in [0.4, 0.5) is 0 Å². The minimum atomic E-state index is 0.233. The Kier molecular flexibility index (Phi) is 7.33. The van der Waals surface area contributed by atoms with Gasteiger partial charge in [-0.15, -0.1) is 0 Å². The lowest BCUT2D eigenvalue weighted by Gasteiger charge is -1.84. The Hall–Kier alpha value is -1.06. The van der Waals surface area contributed by atoms with Crippen LogP contribution >= 0.6 is 0 Å². The van der Waals surface area contributed by atoms with E-state index in [4.69, 9.17) is 10.2 Å². The first kappa shape index (κ1) is 10.9. The Morgan fingerprint density at radius 1 is 1.25 bits per heavy atom. The lowest BCUT2D eigenvalue weighted by molar-refractivity contribution is 0.296. The Bertz CT molecular complexity index is 175. The molecule has 0 aromatic heterocycles. The first-order chi connectivity index (χ1) is 5.81. The van der Waals surface area contributed by atoms with E-state index in [0.29, 0.717) is 12.3 Å². The number of likely N-dealkylation sites (N-methyl/N-ethyl adjacent to an activating group) is 1. The van der Waals surface area contributed by atoms with Gasteiger partial charge in [0.2, 0.25) is 0 Å². The topological polar surface area (TPSA) is 52.5 Å². The molecule has 0 amide bonds. The minimum absolute atomic E-state index is 0.233. The number of phenolic OH excluding ortho intramolecular Hbond substituents is 1. The van der Waals surface area contributed by atoms with Gasteiger partial charge in [0.05, 0.1) is 6.61 Å². The van der Waals surface area contributed by atoms with Gasteiger partial charge in [-0.25, -0.2) is 0 Å². The molecule has 0 heterocycles. The maximum Gasteiger partial charge on any atom is 0.115 e. The van der Waals surface area contributed by atoms with Gasteiger partial charge >= 0.3 is 0 Å². The molecule has 0 saturated carbocycles. The van der Waals surface area contributed by atoms with Gasteiger partial charge in [-0.1, -0.05) is 18.2 Å². The second kappa shape index (κ2) is 8.04. The first-order valence-electron chi connectivity index (χ1n) is 3.80. The van der Waals surface area contributed by atoms with Gasteiger partial charge in [0.1, 0.15) is 5.75 Å². The third kappa shape index (κ3) is 7.05. The van der Waals surface area contributed by atoms with E-state index in [2.05, 4.69) is 5.32 Å². The van der Waals surface area contributed by atoms with Crippen molar-refractivity contribution in [3.05, 3.63) is 30.3 Å². The molecule has 0 radical (unpaired) electrons. The van der Waals surface area contributed by atoms with E-state index in [1.807, 2.05) is 6.07 Å². The monoisotopic (exact) mass is 169 g/mol. The fourth-order valence-corrected chi connectivity index (χ4v) is 0.540. The van der Waals surface area contributed by atoms with E-state index in [1.54, 1.807) is 31.3 Å². The summed E-state index contributed by atoms with van der Waals surface area (Å²) >= 11 is 0. The standard InChI is InChI=1S/C6H6O.C3H9NO/c7-6-4-2-1-3-5-6;1-4-2-3-5/h1-5,7H;4-5H,2-3H2,1H3. The molecule has 0 aliphatic rings. The SMILES string of the molecule is CNCCO.Oc1ccccc1. The Labute approximate surface area is 72.7 Å². The molecular formula is C9H15NO2. The van der Waals surface area contributed by atoms with Crippen molar-refractivity contribution in [3.63, 3.8) is 0 Å². The van der Waals surface area contributed by atoms with Gasteiger partial charge in [-0.3, -0.25) is 0 Å². The van der Waals surface area contributed by atoms with Crippen LogP contribution in [-0.2, 0) is 0 Å². The van der Waals surface area contributed by atoms with Crippen molar-refractivity contribution < 1.29 is 10.2 Å². The summed E-state index contributed by atoms with van der Waals surface area (Å²) in [4.78, 5) is 0.